The third-order valence-electron chi connectivity index (χ3n) is 5.39. The van der Waals surface area contributed by atoms with Crippen molar-refractivity contribution in [2.75, 3.05) is 14.1 Å². The van der Waals surface area contributed by atoms with Gasteiger partial charge in [0.1, 0.15) is 0 Å². The molecular formula is C19H32N2. The Kier molecular flexibility index (Phi) is 6.25. The number of benzene rings is 1. The van der Waals surface area contributed by atoms with Gasteiger partial charge < -0.3 is 5.32 Å². The third kappa shape index (κ3) is 3.87. The summed E-state index contributed by atoms with van der Waals surface area (Å²) in [5.41, 5.74) is 1.40. The maximum absolute atomic E-state index is 3.56. The van der Waals surface area contributed by atoms with Gasteiger partial charge in [-0.3, -0.25) is 4.90 Å². The molecule has 0 spiro atoms. The first-order valence-corrected chi connectivity index (χ1v) is 8.63. The fourth-order valence-corrected chi connectivity index (χ4v) is 4.15. The molecule has 0 amide bonds. The molecule has 2 heteroatoms. The van der Waals surface area contributed by atoms with Gasteiger partial charge in [-0.25, -0.2) is 0 Å². The first kappa shape index (κ1) is 16.5. The molecule has 0 heterocycles. The molecule has 4 unspecified atom stereocenters. The lowest BCUT2D eigenvalue weighted by molar-refractivity contribution is 0.0754. The van der Waals surface area contributed by atoms with E-state index in [4.69, 9.17) is 0 Å². The second-order valence-corrected chi connectivity index (χ2v) is 6.65. The third-order valence-corrected chi connectivity index (χ3v) is 5.39. The number of nitrogens with one attached hydrogen (secondary N) is 1. The van der Waals surface area contributed by atoms with E-state index in [0.717, 1.165) is 12.0 Å². The Hall–Kier alpha value is -0.860. The Morgan fingerprint density at radius 3 is 2.43 bits per heavy atom. The molecular weight excluding hydrogens is 256 g/mol. The van der Waals surface area contributed by atoms with Crippen LogP contribution < -0.4 is 5.32 Å². The molecule has 1 N–H and O–H groups in total. The standard InChI is InChI=1S/C19H32N2/c1-5-17(19(20-3)16-12-7-6-8-13-16)21(4)18-14-10-9-11-15(18)2/h6-8,12-13,15,17-20H,5,9-11,14H2,1-4H3. The van der Waals surface area contributed by atoms with E-state index >= 15 is 0 Å². The Morgan fingerprint density at radius 2 is 1.86 bits per heavy atom. The molecule has 0 aliphatic heterocycles. The first-order valence-electron chi connectivity index (χ1n) is 8.63. The number of rotatable bonds is 6. The molecule has 0 saturated heterocycles. The Labute approximate surface area is 130 Å². The smallest absolute Gasteiger partial charge is 0.0475 e. The molecule has 4 atom stereocenters. The van der Waals surface area contributed by atoms with Crippen molar-refractivity contribution < 1.29 is 0 Å². The highest BCUT2D eigenvalue weighted by atomic mass is 15.2. The molecule has 2 nitrogen and oxygen atoms in total. The quantitative estimate of drug-likeness (QED) is 0.842. The van der Waals surface area contributed by atoms with Gasteiger partial charge in [0, 0.05) is 18.1 Å². The van der Waals surface area contributed by atoms with Crippen molar-refractivity contribution in [3.05, 3.63) is 35.9 Å². The van der Waals surface area contributed by atoms with Crippen LogP contribution in [0.1, 0.15) is 57.6 Å². The molecule has 0 bridgehead atoms. The van der Waals surface area contributed by atoms with E-state index in [-0.39, 0.29) is 0 Å². The molecule has 2 rings (SSSR count). The van der Waals surface area contributed by atoms with Crippen LogP contribution in [0.5, 0.6) is 0 Å². The summed E-state index contributed by atoms with van der Waals surface area (Å²) in [6, 6.07) is 12.6. The molecule has 21 heavy (non-hydrogen) atoms. The fourth-order valence-electron chi connectivity index (χ4n) is 4.15. The summed E-state index contributed by atoms with van der Waals surface area (Å²) in [6.45, 7) is 4.76. The van der Waals surface area contributed by atoms with Crippen LogP contribution in [0.2, 0.25) is 0 Å². The van der Waals surface area contributed by atoms with E-state index in [1.54, 1.807) is 0 Å². The largest absolute Gasteiger partial charge is 0.312 e. The zero-order valence-corrected chi connectivity index (χ0v) is 14.2. The van der Waals surface area contributed by atoms with Crippen LogP contribution >= 0.6 is 0 Å². The van der Waals surface area contributed by atoms with Gasteiger partial charge >= 0.3 is 0 Å². The van der Waals surface area contributed by atoms with Gasteiger partial charge in [-0.05, 0) is 44.8 Å². The average molecular weight is 288 g/mol. The molecule has 118 valence electrons. The number of hydrogen-bond donors (Lipinski definition) is 1. The van der Waals surface area contributed by atoms with Gasteiger partial charge in [0.05, 0.1) is 0 Å². The summed E-state index contributed by atoms with van der Waals surface area (Å²) in [7, 11) is 4.44. The highest BCUT2D eigenvalue weighted by Crippen LogP contribution is 2.32. The minimum Gasteiger partial charge on any atom is -0.312 e. The Morgan fingerprint density at radius 1 is 1.19 bits per heavy atom. The van der Waals surface area contributed by atoms with Gasteiger partial charge in [-0.2, -0.15) is 0 Å². The van der Waals surface area contributed by atoms with Gasteiger partial charge in [-0.1, -0.05) is 57.0 Å². The van der Waals surface area contributed by atoms with Crippen molar-refractivity contribution in [3.8, 4) is 0 Å². The Bertz CT molecular complexity index is 403. The van der Waals surface area contributed by atoms with E-state index in [1.807, 2.05) is 0 Å². The average Bonchev–Trinajstić information content (AvgIpc) is 2.53. The van der Waals surface area contributed by atoms with E-state index in [0.29, 0.717) is 12.1 Å². The summed E-state index contributed by atoms with van der Waals surface area (Å²) in [6.07, 6.45) is 6.74. The van der Waals surface area contributed by atoms with Gasteiger partial charge in [0.25, 0.3) is 0 Å². The minimum atomic E-state index is 0.412. The lowest BCUT2D eigenvalue weighted by Gasteiger charge is -2.43. The van der Waals surface area contributed by atoms with Crippen LogP contribution in [-0.4, -0.2) is 31.1 Å². The van der Waals surface area contributed by atoms with Crippen LogP contribution in [0, 0.1) is 5.92 Å². The minimum absolute atomic E-state index is 0.412. The molecule has 0 aromatic heterocycles. The van der Waals surface area contributed by atoms with Crippen LogP contribution in [0.25, 0.3) is 0 Å². The number of hydrogen-bond acceptors (Lipinski definition) is 2. The summed E-state index contributed by atoms with van der Waals surface area (Å²) in [5.74, 6) is 0.825. The Balaban J connectivity index is 2.16. The van der Waals surface area contributed by atoms with Crippen LogP contribution in [0.3, 0.4) is 0 Å². The summed E-state index contributed by atoms with van der Waals surface area (Å²) >= 11 is 0. The molecule has 0 radical (unpaired) electrons. The predicted octanol–water partition coefficient (Wildman–Crippen LogP) is 4.24. The second-order valence-electron chi connectivity index (χ2n) is 6.65. The SMILES string of the molecule is CCC(C(NC)c1ccccc1)N(C)C1CCCCC1C. The molecule has 1 aromatic carbocycles. The number of likely N-dealkylation sites (N-methyl/N-ethyl adjacent to an activating group) is 2. The number of nitrogens with zero attached hydrogens (tertiary/aromatic N) is 1. The summed E-state index contributed by atoms with van der Waals surface area (Å²) in [5, 5.41) is 3.56. The first-order chi connectivity index (χ1) is 10.2. The summed E-state index contributed by atoms with van der Waals surface area (Å²) in [4.78, 5) is 2.66. The van der Waals surface area contributed by atoms with Gasteiger partial charge in [-0.15, -0.1) is 0 Å². The molecule has 1 aliphatic rings. The predicted molar refractivity (Wildman–Crippen MR) is 91.5 cm³/mol. The highest BCUT2D eigenvalue weighted by molar-refractivity contribution is 5.20. The molecule has 1 aromatic rings. The highest BCUT2D eigenvalue weighted by Gasteiger charge is 2.32. The topological polar surface area (TPSA) is 15.3 Å². The van der Waals surface area contributed by atoms with Crippen LogP contribution in [0.15, 0.2) is 30.3 Å². The molecule has 1 fully saturated rings. The van der Waals surface area contributed by atoms with Crippen molar-refractivity contribution in [2.45, 2.75) is 64.1 Å². The van der Waals surface area contributed by atoms with Crippen LogP contribution in [0.4, 0.5) is 0 Å². The van der Waals surface area contributed by atoms with E-state index in [1.165, 1.54) is 37.7 Å². The van der Waals surface area contributed by atoms with E-state index in [2.05, 4.69) is 68.5 Å². The zero-order chi connectivity index (χ0) is 15.2. The van der Waals surface area contributed by atoms with Crippen LogP contribution in [-0.2, 0) is 0 Å². The fraction of sp³-hybridized carbons (Fsp3) is 0.684. The van der Waals surface area contributed by atoms with Crippen molar-refractivity contribution in [3.63, 3.8) is 0 Å². The van der Waals surface area contributed by atoms with E-state index < -0.39 is 0 Å². The van der Waals surface area contributed by atoms with Crippen molar-refractivity contribution in [1.82, 2.24) is 10.2 Å². The molecule has 1 saturated carbocycles. The monoisotopic (exact) mass is 288 g/mol. The van der Waals surface area contributed by atoms with E-state index in [9.17, 15) is 0 Å². The van der Waals surface area contributed by atoms with Crippen molar-refractivity contribution >= 4 is 0 Å². The second kappa shape index (κ2) is 7.95. The maximum atomic E-state index is 3.56. The lowest BCUT2D eigenvalue weighted by Crippen LogP contribution is -2.49. The van der Waals surface area contributed by atoms with Gasteiger partial charge in [0.15, 0.2) is 0 Å². The van der Waals surface area contributed by atoms with Gasteiger partial charge in [0.2, 0.25) is 0 Å². The van der Waals surface area contributed by atoms with Crippen molar-refractivity contribution in [1.29, 1.82) is 0 Å². The van der Waals surface area contributed by atoms with Crippen molar-refractivity contribution in [2.24, 2.45) is 5.92 Å². The molecule has 1 aliphatic carbocycles. The maximum Gasteiger partial charge on any atom is 0.0475 e. The normalized spacial score (nSPS) is 25.8. The summed E-state index contributed by atoms with van der Waals surface area (Å²) < 4.78 is 0. The zero-order valence-electron chi connectivity index (χ0n) is 14.2. The lowest BCUT2D eigenvalue weighted by atomic mass is 9.83.